The van der Waals surface area contributed by atoms with E-state index in [0.717, 1.165) is 10.0 Å². The molecule has 0 bridgehead atoms. The molecule has 1 aromatic rings. The van der Waals surface area contributed by atoms with Crippen LogP contribution in [-0.2, 0) is 4.79 Å². The van der Waals surface area contributed by atoms with Crippen LogP contribution in [0.15, 0.2) is 28.7 Å². The lowest BCUT2D eigenvalue weighted by molar-refractivity contribution is -0.141. The van der Waals surface area contributed by atoms with Crippen molar-refractivity contribution >= 4 is 21.9 Å². The highest BCUT2D eigenvalue weighted by atomic mass is 79.9. The van der Waals surface area contributed by atoms with Crippen molar-refractivity contribution in [3.05, 3.63) is 34.3 Å². The minimum Gasteiger partial charge on any atom is -0.480 e. The predicted octanol–water partition coefficient (Wildman–Crippen LogP) is 1.72. The van der Waals surface area contributed by atoms with E-state index in [9.17, 15) is 9.90 Å². The van der Waals surface area contributed by atoms with Crippen molar-refractivity contribution in [3.8, 4) is 0 Å². The van der Waals surface area contributed by atoms with Gasteiger partial charge in [0.25, 0.3) is 0 Å². The number of aliphatic carboxylic acids is 1. The molecule has 0 fully saturated rings. The van der Waals surface area contributed by atoms with Gasteiger partial charge in [-0.1, -0.05) is 34.1 Å². The molecule has 17 heavy (non-hydrogen) atoms. The highest BCUT2D eigenvalue weighted by Crippen LogP contribution is 2.29. The van der Waals surface area contributed by atoms with Crippen LogP contribution in [0.2, 0.25) is 0 Å². The number of nitrogens with one attached hydrogen (secondary N) is 1. The zero-order valence-electron chi connectivity index (χ0n) is 10.1. The number of carbonyl (C=O) groups is 1. The molecule has 1 aromatic carbocycles. The summed E-state index contributed by atoms with van der Waals surface area (Å²) in [5.41, 5.74) is 0.958. The molecule has 0 saturated carbocycles. The third-order valence-electron chi connectivity index (χ3n) is 2.67. The second-order valence-electron chi connectivity index (χ2n) is 4.03. The van der Waals surface area contributed by atoms with Gasteiger partial charge in [0.15, 0.2) is 0 Å². The summed E-state index contributed by atoms with van der Waals surface area (Å²) in [6, 6.07) is 6.79. The number of hydrogen-bond donors (Lipinski definition) is 2. The van der Waals surface area contributed by atoms with E-state index in [2.05, 4.69) is 21.2 Å². The van der Waals surface area contributed by atoms with E-state index in [-0.39, 0.29) is 6.04 Å². The third kappa shape index (κ3) is 3.28. The Kier molecular flexibility index (Phi) is 5.11. The molecule has 0 aromatic heterocycles. The van der Waals surface area contributed by atoms with Crippen molar-refractivity contribution in [1.82, 2.24) is 10.2 Å². The summed E-state index contributed by atoms with van der Waals surface area (Å²) in [4.78, 5) is 13.2. The molecule has 5 heteroatoms. The van der Waals surface area contributed by atoms with Crippen LogP contribution in [-0.4, -0.2) is 43.2 Å². The monoisotopic (exact) mass is 300 g/mol. The molecule has 0 heterocycles. The van der Waals surface area contributed by atoms with Gasteiger partial charge in [0.05, 0.1) is 6.04 Å². The number of halogens is 1. The van der Waals surface area contributed by atoms with E-state index >= 15 is 0 Å². The van der Waals surface area contributed by atoms with Gasteiger partial charge in [-0.15, -0.1) is 0 Å². The van der Waals surface area contributed by atoms with E-state index in [0.29, 0.717) is 0 Å². The zero-order valence-corrected chi connectivity index (χ0v) is 11.7. The fourth-order valence-electron chi connectivity index (χ4n) is 1.89. The van der Waals surface area contributed by atoms with Gasteiger partial charge >= 0.3 is 5.97 Å². The summed E-state index contributed by atoms with van der Waals surface area (Å²) in [5, 5.41) is 12.1. The van der Waals surface area contributed by atoms with Crippen molar-refractivity contribution in [1.29, 1.82) is 0 Å². The molecule has 0 radical (unpaired) electrons. The summed E-state index contributed by atoms with van der Waals surface area (Å²) >= 11 is 3.46. The van der Waals surface area contributed by atoms with Gasteiger partial charge in [-0.2, -0.15) is 0 Å². The lowest BCUT2D eigenvalue weighted by Gasteiger charge is -2.30. The molecule has 0 saturated heterocycles. The third-order valence-corrected chi connectivity index (χ3v) is 3.40. The van der Waals surface area contributed by atoms with E-state index < -0.39 is 12.0 Å². The van der Waals surface area contributed by atoms with E-state index in [1.807, 2.05) is 43.3 Å². The summed E-state index contributed by atoms with van der Waals surface area (Å²) in [7, 11) is 5.40. The molecule has 0 amide bonds. The number of likely N-dealkylation sites (N-methyl/N-ethyl adjacent to an activating group) is 2. The van der Waals surface area contributed by atoms with Crippen LogP contribution in [0, 0.1) is 0 Å². The van der Waals surface area contributed by atoms with Crippen LogP contribution in [0.3, 0.4) is 0 Å². The lowest BCUT2D eigenvalue weighted by Crippen LogP contribution is -2.45. The molecular weight excluding hydrogens is 284 g/mol. The number of nitrogens with zero attached hydrogens (tertiary/aromatic N) is 1. The van der Waals surface area contributed by atoms with Crippen LogP contribution < -0.4 is 5.32 Å². The van der Waals surface area contributed by atoms with E-state index in [1.165, 1.54) is 0 Å². The minimum absolute atomic E-state index is 0.229. The van der Waals surface area contributed by atoms with E-state index in [1.54, 1.807) is 7.05 Å². The Morgan fingerprint density at radius 2 is 2.00 bits per heavy atom. The molecule has 2 N–H and O–H groups in total. The van der Waals surface area contributed by atoms with Crippen molar-refractivity contribution in [2.24, 2.45) is 0 Å². The Hall–Kier alpha value is -0.910. The smallest absolute Gasteiger partial charge is 0.322 e. The SMILES string of the molecule is CNC(C(=O)O)C(c1ccccc1Br)N(C)C. The number of carboxylic acids is 1. The molecule has 2 unspecified atom stereocenters. The quantitative estimate of drug-likeness (QED) is 0.869. The van der Waals surface area contributed by atoms with Crippen molar-refractivity contribution < 1.29 is 9.90 Å². The number of hydrogen-bond acceptors (Lipinski definition) is 3. The normalized spacial score (nSPS) is 14.6. The largest absolute Gasteiger partial charge is 0.480 e. The van der Waals surface area contributed by atoms with Gasteiger partial charge in [-0.25, -0.2) is 0 Å². The summed E-state index contributed by atoms with van der Waals surface area (Å²) in [6.45, 7) is 0. The van der Waals surface area contributed by atoms with Crippen molar-refractivity contribution in [2.75, 3.05) is 21.1 Å². The average molecular weight is 301 g/mol. The fraction of sp³-hybridized carbons (Fsp3) is 0.417. The highest BCUT2D eigenvalue weighted by molar-refractivity contribution is 9.10. The first-order valence-electron chi connectivity index (χ1n) is 5.30. The van der Waals surface area contributed by atoms with Gasteiger partial charge in [0.1, 0.15) is 6.04 Å². The maximum Gasteiger partial charge on any atom is 0.322 e. The molecular formula is C12H17BrN2O2. The van der Waals surface area contributed by atoms with Crippen molar-refractivity contribution in [3.63, 3.8) is 0 Å². The van der Waals surface area contributed by atoms with Gasteiger partial charge in [-0.05, 0) is 32.8 Å². The highest BCUT2D eigenvalue weighted by Gasteiger charge is 2.30. The predicted molar refractivity (Wildman–Crippen MR) is 71.1 cm³/mol. The molecule has 1 rings (SSSR count). The maximum atomic E-state index is 11.3. The number of benzene rings is 1. The number of carboxylic acid groups (broad SMARTS) is 1. The average Bonchev–Trinajstić information content (AvgIpc) is 2.26. The molecule has 94 valence electrons. The summed E-state index contributed by atoms with van der Waals surface area (Å²) in [5.74, 6) is -0.859. The second-order valence-corrected chi connectivity index (χ2v) is 4.89. The van der Waals surface area contributed by atoms with Crippen LogP contribution >= 0.6 is 15.9 Å². The molecule has 0 aliphatic heterocycles. The van der Waals surface area contributed by atoms with Crippen LogP contribution in [0.4, 0.5) is 0 Å². The first-order chi connectivity index (χ1) is 7.99. The Morgan fingerprint density at radius 1 is 1.41 bits per heavy atom. The Morgan fingerprint density at radius 3 is 2.41 bits per heavy atom. The second kappa shape index (κ2) is 6.14. The van der Waals surface area contributed by atoms with Gasteiger partial charge in [-0.3, -0.25) is 4.79 Å². The van der Waals surface area contributed by atoms with Crippen molar-refractivity contribution in [2.45, 2.75) is 12.1 Å². The van der Waals surface area contributed by atoms with Crippen LogP contribution in [0.5, 0.6) is 0 Å². The van der Waals surface area contributed by atoms with Gasteiger partial charge < -0.3 is 15.3 Å². The molecule has 0 spiro atoms. The summed E-state index contributed by atoms with van der Waals surface area (Å²) < 4.78 is 0.917. The maximum absolute atomic E-state index is 11.3. The van der Waals surface area contributed by atoms with Crippen LogP contribution in [0.25, 0.3) is 0 Å². The first kappa shape index (κ1) is 14.2. The first-order valence-corrected chi connectivity index (χ1v) is 6.09. The lowest BCUT2D eigenvalue weighted by atomic mass is 9.98. The number of rotatable bonds is 5. The van der Waals surface area contributed by atoms with Gasteiger partial charge in [0, 0.05) is 4.47 Å². The Balaban J connectivity index is 3.18. The Labute approximate surface area is 110 Å². The van der Waals surface area contributed by atoms with Crippen LogP contribution in [0.1, 0.15) is 11.6 Å². The minimum atomic E-state index is -0.859. The molecule has 4 nitrogen and oxygen atoms in total. The fourth-order valence-corrected chi connectivity index (χ4v) is 2.41. The molecule has 0 aliphatic carbocycles. The zero-order chi connectivity index (χ0) is 13.0. The van der Waals surface area contributed by atoms with E-state index in [4.69, 9.17) is 0 Å². The van der Waals surface area contributed by atoms with Gasteiger partial charge in [0.2, 0.25) is 0 Å². The molecule has 2 atom stereocenters. The Bertz CT molecular complexity index is 396. The summed E-state index contributed by atoms with van der Waals surface area (Å²) in [6.07, 6.45) is 0. The molecule has 0 aliphatic rings. The standard InChI is InChI=1S/C12H17BrN2O2/c1-14-10(12(16)17)11(15(2)3)8-6-4-5-7-9(8)13/h4-7,10-11,14H,1-3H3,(H,16,17). The topological polar surface area (TPSA) is 52.6 Å².